The minimum atomic E-state index is -4.86. The van der Waals surface area contributed by atoms with Crippen LogP contribution in [-0.4, -0.2) is 34.8 Å². The van der Waals surface area contributed by atoms with Gasteiger partial charge in [0.05, 0.1) is 24.9 Å². The summed E-state index contributed by atoms with van der Waals surface area (Å²) in [5.74, 6) is -0.380. The van der Waals surface area contributed by atoms with Gasteiger partial charge in [-0.1, -0.05) is 48.5 Å². The molecule has 8 nitrogen and oxygen atoms in total. The van der Waals surface area contributed by atoms with Gasteiger partial charge in [0.25, 0.3) is 5.56 Å². The van der Waals surface area contributed by atoms with Crippen LogP contribution in [0.3, 0.4) is 0 Å². The number of piperazine rings is 1. The van der Waals surface area contributed by atoms with Gasteiger partial charge in [0.1, 0.15) is 17.3 Å². The Hall–Kier alpha value is -4.68. The lowest BCUT2D eigenvalue weighted by atomic mass is 9.98. The number of fused-ring (bicyclic) bond motifs is 1. The van der Waals surface area contributed by atoms with Crippen LogP contribution in [-0.2, 0) is 25.7 Å². The number of hydrogen-bond donors (Lipinski definition) is 2. The van der Waals surface area contributed by atoms with Crippen molar-refractivity contribution >= 4 is 5.69 Å². The van der Waals surface area contributed by atoms with E-state index in [0.29, 0.717) is 31.6 Å². The van der Waals surface area contributed by atoms with Gasteiger partial charge in [0.2, 0.25) is 0 Å². The SMILES string of the molecule is Cc1c(N2CCNCC2Cc2ccoc3cccc2-3)c(=O)n(C[C@H](N)c2ccccc2)c(=O)n1Cc1c(F)cccc1C(F)(F)F. The second-order valence-corrected chi connectivity index (χ2v) is 11.5. The Morgan fingerprint density at radius 2 is 1.76 bits per heavy atom. The average molecular weight is 636 g/mol. The van der Waals surface area contributed by atoms with Crippen molar-refractivity contribution < 1.29 is 22.0 Å². The maximum Gasteiger partial charge on any atom is 0.416 e. The number of halogens is 4. The molecular formula is C34H33F4N5O3. The molecule has 0 bridgehead atoms. The van der Waals surface area contributed by atoms with Gasteiger partial charge in [-0.2, -0.15) is 13.2 Å². The molecule has 2 aromatic carbocycles. The lowest BCUT2D eigenvalue weighted by molar-refractivity contribution is -0.138. The van der Waals surface area contributed by atoms with Gasteiger partial charge < -0.3 is 20.4 Å². The van der Waals surface area contributed by atoms with Gasteiger partial charge >= 0.3 is 11.9 Å². The zero-order chi connectivity index (χ0) is 32.6. The van der Waals surface area contributed by atoms with E-state index in [1.807, 2.05) is 29.2 Å². The average Bonchev–Trinajstić information content (AvgIpc) is 3.53. The monoisotopic (exact) mass is 635 g/mol. The molecule has 0 spiro atoms. The van der Waals surface area contributed by atoms with Crippen molar-refractivity contribution in [2.24, 2.45) is 5.73 Å². The van der Waals surface area contributed by atoms with Crippen molar-refractivity contribution in [2.45, 2.75) is 44.7 Å². The molecular weight excluding hydrogens is 602 g/mol. The van der Waals surface area contributed by atoms with Crippen LogP contribution in [0.1, 0.15) is 34.0 Å². The lowest BCUT2D eigenvalue weighted by Gasteiger charge is -2.39. The number of alkyl halides is 3. The molecule has 2 atom stereocenters. The molecule has 3 aromatic rings. The van der Waals surface area contributed by atoms with Gasteiger partial charge in [-0.05, 0) is 48.7 Å². The van der Waals surface area contributed by atoms with Crippen molar-refractivity contribution in [2.75, 3.05) is 24.5 Å². The first kappa shape index (κ1) is 31.3. The largest absolute Gasteiger partial charge is 0.464 e. The molecule has 0 amide bonds. The highest BCUT2D eigenvalue weighted by atomic mass is 19.4. The van der Waals surface area contributed by atoms with Gasteiger partial charge in [0.15, 0.2) is 0 Å². The molecule has 1 aliphatic carbocycles. The zero-order valence-electron chi connectivity index (χ0n) is 25.1. The minimum Gasteiger partial charge on any atom is -0.464 e. The van der Waals surface area contributed by atoms with Gasteiger partial charge in [-0.3, -0.25) is 13.9 Å². The Morgan fingerprint density at radius 1 is 1.00 bits per heavy atom. The summed E-state index contributed by atoms with van der Waals surface area (Å²) in [5.41, 5.74) is 6.00. The van der Waals surface area contributed by atoms with Crippen LogP contribution in [0.4, 0.5) is 23.2 Å². The smallest absolute Gasteiger partial charge is 0.416 e. The van der Waals surface area contributed by atoms with E-state index >= 15 is 4.39 Å². The molecule has 12 heteroatoms. The van der Waals surface area contributed by atoms with E-state index < -0.39 is 47.0 Å². The maximum atomic E-state index is 15.1. The van der Waals surface area contributed by atoms with Crippen LogP contribution in [0, 0.1) is 12.7 Å². The molecule has 3 aliphatic rings. The molecule has 0 radical (unpaired) electrons. The van der Waals surface area contributed by atoms with Crippen LogP contribution < -0.4 is 27.2 Å². The first-order valence-corrected chi connectivity index (χ1v) is 15.0. The fourth-order valence-electron chi connectivity index (χ4n) is 6.33. The van der Waals surface area contributed by atoms with Crippen molar-refractivity contribution in [3.05, 3.63) is 134 Å². The number of nitrogens with one attached hydrogen (secondary N) is 1. The number of anilines is 1. The maximum absolute atomic E-state index is 15.1. The van der Waals surface area contributed by atoms with Crippen LogP contribution in [0.15, 0.2) is 93.1 Å². The highest BCUT2D eigenvalue weighted by molar-refractivity contribution is 5.65. The molecule has 6 rings (SSSR count). The molecule has 2 aliphatic heterocycles. The van der Waals surface area contributed by atoms with Crippen LogP contribution in [0.2, 0.25) is 0 Å². The molecule has 3 heterocycles. The Bertz CT molecular complexity index is 1930. The number of nitrogens with zero attached hydrogens (tertiary/aromatic N) is 3. The number of nitrogens with two attached hydrogens (primary N) is 1. The molecule has 46 heavy (non-hydrogen) atoms. The Balaban J connectivity index is 1.49. The van der Waals surface area contributed by atoms with Crippen molar-refractivity contribution in [1.29, 1.82) is 0 Å². The first-order chi connectivity index (χ1) is 22.0. The summed E-state index contributed by atoms with van der Waals surface area (Å²) in [5, 5.41) is 3.36. The van der Waals surface area contributed by atoms with Crippen molar-refractivity contribution in [3.63, 3.8) is 0 Å². The summed E-state index contributed by atoms with van der Waals surface area (Å²) in [4.78, 5) is 30.2. The summed E-state index contributed by atoms with van der Waals surface area (Å²) in [6, 6.07) is 18.1. The third-order valence-electron chi connectivity index (χ3n) is 8.68. The normalized spacial score (nSPS) is 16.2. The minimum absolute atomic E-state index is 0.143. The topological polar surface area (TPSA) is 98.4 Å². The lowest BCUT2D eigenvalue weighted by Crippen LogP contribution is -2.56. The number of benzene rings is 2. The quantitative estimate of drug-likeness (QED) is 0.235. The predicted molar refractivity (Wildman–Crippen MR) is 167 cm³/mol. The van der Waals surface area contributed by atoms with Crippen molar-refractivity contribution in [3.8, 4) is 11.3 Å². The van der Waals surface area contributed by atoms with E-state index in [-0.39, 0.29) is 24.0 Å². The molecule has 1 fully saturated rings. The molecule has 240 valence electrons. The van der Waals surface area contributed by atoms with Gasteiger partial charge in [0, 0.05) is 48.5 Å². The molecule has 0 saturated carbocycles. The van der Waals surface area contributed by atoms with Crippen LogP contribution in [0.5, 0.6) is 0 Å². The first-order valence-electron chi connectivity index (χ1n) is 15.0. The third kappa shape index (κ3) is 5.97. The van der Waals surface area contributed by atoms with E-state index in [1.54, 1.807) is 36.6 Å². The van der Waals surface area contributed by atoms with Gasteiger partial charge in [-0.15, -0.1) is 0 Å². The highest BCUT2D eigenvalue weighted by Gasteiger charge is 2.36. The Kier molecular flexibility index (Phi) is 8.58. The summed E-state index contributed by atoms with van der Waals surface area (Å²) in [7, 11) is 0. The van der Waals surface area contributed by atoms with E-state index in [2.05, 4.69) is 5.32 Å². The summed E-state index contributed by atoms with van der Waals surface area (Å²) < 4.78 is 64.7. The summed E-state index contributed by atoms with van der Waals surface area (Å²) >= 11 is 0. The number of aromatic nitrogens is 2. The zero-order valence-corrected chi connectivity index (χ0v) is 25.1. The van der Waals surface area contributed by atoms with E-state index in [0.717, 1.165) is 44.2 Å². The van der Waals surface area contributed by atoms with Crippen LogP contribution in [0.25, 0.3) is 11.3 Å². The predicted octanol–water partition coefficient (Wildman–Crippen LogP) is 4.94. The standard InChI is InChI=1S/C34H33F4N5O3/c1-21-31(41-15-14-40-18-24(41)17-23-13-16-46-30-12-5-9-25(23)30)32(44)43(20-29(39)22-7-3-2-4-8-22)33(45)42(21)19-26-27(34(36,37)38)10-6-11-28(26)35/h2-13,16,24,29,40H,14-15,17-20,39H2,1H3/t24?,29-/m0/s1. The van der Waals surface area contributed by atoms with E-state index in [4.69, 9.17) is 10.2 Å². The number of rotatable bonds is 8. The molecule has 3 N–H and O–H groups in total. The molecule has 1 aromatic heterocycles. The van der Waals surface area contributed by atoms with Crippen LogP contribution >= 0.6 is 0 Å². The fourth-order valence-corrected chi connectivity index (χ4v) is 6.33. The number of hydrogen-bond acceptors (Lipinski definition) is 6. The third-order valence-corrected chi connectivity index (χ3v) is 8.68. The second-order valence-electron chi connectivity index (χ2n) is 11.5. The Labute approximate surface area is 262 Å². The summed E-state index contributed by atoms with van der Waals surface area (Å²) in [6.45, 7) is 1.97. The second kappa shape index (κ2) is 12.6. The van der Waals surface area contributed by atoms with Crippen molar-refractivity contribution in [1.82, 2.24) is 14.5 Å². The Morgan fingerprint density at radius 3 is 2.52 bits per heavy atom. The fraction of sp³-hybridized carbons (Fsp3) is 0.294. The highest BCUT2D eigenvalue weighted by Crippen LogP contribution is 2.34. The van der Waals surface area contributed by atoms with E-state index in [9.17, 15) is 22.8 Å². The molecule has 1 saturated heterocycles. The van der Waals surface area contributed by atoms with Gasteiger partial charge in [-0.25, -0.2) is 9.18 Å². The summed E-state index contributed by atoms with van der Waals surface area (Å²) in [6.07, 6.45) is -2.75. The van der Waals surface area contributed by atoms with E-state index in [1.165, 1.54) is 6.92 Å². The molecule has 1 unspecified atom stereocenters.